The van der Waals surface area contributed by atoms with Crippen LogP contribution in [0.5, 0.6) is 11.5 Å². The summed E-state index contributed by atoms with van der Waals surface area (Å²) in [4.78, 5) is 11.8. The summed E-state index contributed by atoms with van der Waals surface area (Å²) >= 11 is 0. The van der Waals surface area contributed by atoms with Gasteiger partial charge < -0.3 is 20.3 Å². The molecule has 0 aliphatic carbocycles. The van der Waals surface area contributed by atoms with Crippen LogP contribution in [0.4, 0.5) is 10.1 Å². The zero-order valence-corrected chi connectivity index (χ0v) is 10.8. The van der Waals surface area contributed by atoms with Gasteiger partial charge in [-0.3, -0.25) is 0 Å². The van der Waals surface area contributed by atoms with Crippen LogP contribution in [0.25, 0.3) is 0 Å². The predicted octanol–water partition coefficient (Wildman–Crippen LogP) is 2.32. The van der Waals surface area contributed by atoms with E-state index in [2.05, 4.69) is 5.32 Å². The molecule has 0 radical (unpaired) electrons. The number of nitrogens with one attached hydrogen (secondary N) is 1. The highest BCUT2D eigenvalue weighted by Crippen LogP contribution is 2.41. The van der Waals surface area contributed by atoms with Crippen LogP contribution in [0.3, 0.4) is 0 Å². The fourth-order valence-corrected chi connectivity index (χ4v) is 2.36. The zero-order valence-electron chi connectivity index (χ0n) is 10.8. The molecule has 108 valence electrons. The maximum atomic E-state index is 12.9. The van der Waals surface area contributed by atoms with Crippen LogP contribution in [0.2, 0.25) is 0 Å². The Labute approximate surface area is 119 Å². The molecule has 6 heteroatoms. The van der Waals surface area contributed by atoms with Gasteiger partial charge in [0.15, 0.2) is 5.54 Å². The Kier molecular flexibility index (Phi) is 2.94. The second-order valence-corrected chi connectivity index (χ2v) is 4.81. The summed E-state index contributed by atoms with van der Waals surface area (Å²) in [6.07, 6.45) is 0. The number of phenols is 1. The molecule has 2 aromatic carbocycles. The van der Waals surface area contributed by atoms with Crippen molar-refractivity contribution in [3.63, 3.8) is 0 Å². The molecule has 2 aromatic rings. The van der Waals surface area contributed by atoms with E-state index in [0.717, 1.165) is 0 Å². The topological polar surface area (TPSA) is 78.8 Å². The first kappa shape index (κ1) is 13.2. The van der Waals surface area contributed by atoms with Crippen molar-refractivity contribution >= 4 is 11.7 Å². The Morgan fingerprint density at radius 1 is 1.24 bits per heavy atom. The van der Waals surface area contributed by atoms with Crippen molar-refractivity contribution in [3.05, 3.63) is 53.8 Å². The van der Waals surface area contributed by atoms with E-state index < -0.39 is 17.3 Å². The number of aliphatic carboxylic acids is 1. The maximum absolute atomic E-state index is 12.9. The number of hydrogen-bond donors (Lipinski definition) is 3. The van der Waals surface area contributed by atoms with Gasteiger partial charge in [-0.15, -0.1) is 0 Å². The van der Waals surface area contributed by atoms with E-state index in [0.29, 0.717) is 17.0 Å². The SMILES string of the molecule is O=C(O)C1(Nc2ccc(F)cc2)COc2cc(O)ccc21. The fraction of sp³-hybridized carbons (Fsp3) is 0.133. The first-order valence-corrected chi connectivity index (χ1v) is 6.25. The van der Waals surface area contributed by atoms with E-state index in [1.54, 1.807) is 0 Å². The molecular weight excluding hydrogens is 277 g/mol. The van der Waals surface area contributed by atoms with Crippen molar-refractivity contribution in [2.75, 3.05) is 11.9 Å². The molecule has 1 aliphatic rings. The molecule has 21 heavy (non-hydrogen) atoms. The number of benzene rings is 2. The monoisotopic (exact) mass is 289 g/mol. The molecule has 0 aromatic heterocycles. The van der Waals surface area contributed by atoms with Crippen LogP contribution in [-0.2, 0) is 10.3 Å². The number of carboxylic acids is 1. The van der Waals surface area contributed by atoms with E-state index in [-0.39, 0.29) is 12.4 Å². The normalized spacial score (nSPS) is 19.7. The largest absolute Gasteiger partial charge is 0.508 e. The van der Waals surface area contributed by atoms with Gasteiger partial charge in [-0.25, -0.2) is 9.18 Å². The number of carbonyl (C=O) groups is 1. The molecule has 0 fully saturated rings. The van der Waals surface area contributed by atoms with Gasteiger partial charge in [-0.1, -0.05) is 0 Å². The van der Waals surface area contributed by atoms with Crippen molar-refractivity contribution < 1.29 is 24.1 Å². The lowest BCUT2D eigenvalue weighted by molar-refractivity contribution is -0.143. The lowest BCUT2D eigenvalue weighted by Gasteiger charge is -2.25. The molecule has 0 bridgehead atoms. The number of aromatic hydroxyl groups is 1. The van der Waals surface area contributed by atoms with Gasteiger partial charge in [-0.2, -0.15) is 0 Å². The number of halogens is 1. The molecule has 5 nitrogen and oxygen atoms in total. The summed E-state index contributed by atoms with van der Waals surface area (Å²) in [5, 5.41) is 21.9. The third kappa shape index (κ3) is 2.14. The number of phenolic OH excluding ortho intramolecular Hbond substituents is 1. The van der Waals surface area contributed by atoms with Gasteiger partial charge in [0, 0.05) is 17.3 Å². The highest BCUT2D eigenvalue weighted by Gasteiger charge is 2.48. The Bertz CT molecular complexity index is 701. The molecule has 3 rings (SSSR count). The Morgan fingerprint density at radius 2 is 1.95 bits per heavy atom. The van der Waals surface area contributed by atoms with Crippen LogP contribution >= 0.6 is 0 Å². The molecular formula is C15H12FNO4. The average Bonchev–Trinajstić information content (AvgIpc) is 2.81. The Morgan fingerprint density at radius 3 is 2.62 bits per heavy atom. The summed E-state index contributed by atoms with van der Waals surface area (Å²) in [6.45, 7) is -0.126. The number of carboxylic acid groups (broad SMARTS) is 1. The van der Waals surface area contributed by atoms with Gasteiger partial charge in [-0.05, 0) is 36.4 Å². The van der Waals surface area contributed by atoms with Crippen molar-refractivity contribution in [1.29, 1.82) is 0 Å². The van der Waals surface area contributed by atoms with E-state index >= 15 is 0 Å². The van der Waals surface area contributed by atoms with Crippen LogP contribution in [0, 0.1) is 5.82 Å². The standard InChI is InChI=1S/C15H12FNO4/c16-9-1-3-10(4-2-9)17-15(14(19)20)8-21-13-7-11(18)5-6-12(13)15/h1-7,17-18H,8H2,(H,19,20). The smallest absolute Gasteiger partial charge is 0.337 e. The molecule has 0 amide bonds. The summed E-state index contributed by atoms with van der Waals surface area (Å²) in [5.41, 5.74) is -0.596. The van der Waals surface area contributed by atoms with Crippen molar-refractivity contribution in [2.45, 2.75) is 5.54 Å². The maximum Gasteiger partial charge on any atom is 0.337 e. The number of fused-ring (bicyclic) bond motifs is 1. The van der Waals surface area contributed by atoms with E-state index in [1.807, 2.05) is 0 Å². The Balaban J connectivity index is 2.03. The highest BCUT2D eigenvalue weighted by molar-refractivity contribution is 5.87. The number of hydrogen-bond acceptors (Lipinski definition) is 4. The van der Waals surface area contributed by atoms with E-state index in [4.69, 9.17) is 4.74 Å². The molecule has 1 unspecified atom stereocenters. The molecule has 1 heterocycles. The third-order valence-electron chi connectivity index (χ3n) is 3.44. The highest BCUT2D eigenvalue weighted by atomic mass is 19.1. The molecule has 1 atom stereocenters. The van der Waals surface area contributed by atoms with Crippen molar-refractivity contribution in [2.24, 2.45) is 0 Å². The number of anilines is 1. The van der Waals surface area contributed by atoms with E-state index in [1.165, 1.54) is 42.5 Å². The lowest BCUT2D eigenvalue weighted by atomic mass is 9.91. The van der Waals surface area contributed by atoms with Crippen molar-refractivity contribution in [1.82, 2.24) is 0 Å². The molecule has 3 N–H and O–H groups in total. The molecule has 0 saturated carbocycles. The van der Waals surface area contributed by atoms with Crippen LogP contribution in [-0.4, -0.2) is 22.8 Å². The fourth-order valence-electron chi connectivity index (χ4n) is 2.36. The minimum absolute atomic E-state index is 0.00304. The first-order chi connectivity index (χ1) is 10.0. The van der Waals surface area contributed by atoms with Gasteiger partial charge in [0.05, 0.1) is 0 Å². The van der Waals surface area contributed by atoms with Crippen LogP contribution < -0.4 is 10.1 Å². The van der Waals surface area contributed by atoms with Gasteiger partial charge in [0.2, 0.25) is 0 Å². The predicted molar refractivity (Wildman–Crippen MR) is 72.9 cm³/mol. The minimum atomic E-state index is -1.47. The number of rotatable bonds is 3. The van der Waals surface area contributed by atoms with Gasteiger partial charge >= 0.3 is 5.97 Å². The average molecular weight is 289 g/mol. The van der Waals surface area contributed by atoms with Crippen LogP contribution in [0.1, 0.15) is 5.56 Å². The summed E-state index contributed by atoms with van der Waals surface area (Å²) < 4.78 is 18.3. The molecule has 0 spiro atoms. The zero-order chi connectivity index (χ0) is 15.0. The van der Waals surface area contributed by atoms with Gasteiger partial charge in [0.25, 0.3) is 0 Å². The number of ether oxygens (including phenoxy) is 1. The molecule has 1 aliphatic heterocycles. The second kappa shape index (κ2) is 4.66. The van der Waals surface area contributed by atoms with Crippen LogP contribution in [0.15, 0.2) is 42.5 Å². The summed E-state index contributed by atoms with van der Waals surface area (Å²) in [7, 11) is 0. The van der Waals surface area contributed by atoms with E-state index in [9.17, 15) is 19.4 Å². The summed E-state index contributed by atoms with van der Waals surface area (Å²) in [5.74, 6) is -1.21. The second-order valence-electron chi connectivity index (χ2n) is 4.81. The summed E-state index contributed by atoms with van der Waals surface area (Å²) in [6, 6.07) is 9.67. The Hall–Kier alpha value is -2.76. The molecule has 0 saturated heterocycles. The third-order valence-corrected chi connectivity index (χ3v) is 3.44. The quantitative estimate of drug-likeness (QED) is 0.808. The van der Waals surface area contributed by atoms with Crippen molar-refractivity contribution in [3.8, 4) is 11.5 Å². The van der Waals surface area contributed by atoms with Gasteiger partial charge in [0.1, 0.15) is 23.9 Å². The minimum Gasteiger partial charge on any atom is -0.508 e. The first-order valence-electron chi connectivity index (χ1n) is 6.25. The lowest BCUT2D eigenvalue weighted by Crippen LogP contribution is -2.45.